The second-order valence-electron chi connectivity index (χ2n) is 6.25. The van der Waals surface area contributed by atoms with Crippen molar-refractivity contribution in [2.24, 2.45) is 5.41 Å². The van der Waals surface area contributed by atoms with E-state index < -0.39 is 0 Å². The van der Waals surface area contributed by atoms with Gasteiger partial charge in [0.25, 0.3) is 0 Å². The van der Waals surface area contributed by atoms with Crippen LogP contribution in [0, 0.1) is 16.7 Å². The predicted octanol–water partition coefficient (Wildman–Crippen LogP) is 4.84. The van der Waals surface area contributed by atoms with E-state index in [1.54, 1.807) is 7.11 Å². The largest absolute Gasteiger partial charge is 0.496 e. The summed E-state index contributed by atoms with van der Waals surface area (Å²) < 4.78 is 5.47. The van der Waals surface area contributed by atoms with Gasteiger partial charge in [0.05, 0.1) is 18.6 Å². The maximum Gasteiger partial charge on any atom is 0.123 e. The number of ether oxygens (including phenoxy) is 1. The number of hydrogen-bond donors (Lipinski definition) is 0. The molecule has 2 heteroatoms. The molecule has 0 bridgehead atoms. The van der Waals surface area contributed by atoms with Crippen molar-refractivity contribution in [3.8, 4) is 11.8 Å². The summed E-state index contributed by atoms with van der Waals surface area (Å²) in [4.78, 5) is 0. The summed E-state index contributed by atoms with van der Waals surface area (Å²) in [5.41, 5.74) is 1.12. The van der Waals surface area contributed by atoms with Gasteiger partial charge in [-0.05, 0) is 37.2 Å². The van der Waals surface area contributed by atoms with Crippen LogP contribution in [0.1, 0.15) is 57.9 Å². The highest BCUT2D eigenvalue weighted by Crippen LogP contribution is 2.61. The monoisotopic (exact) mass is 271 g/mol. The summed E-state index contributed by atoms with van der Waals surface area (Å²) in [6.07, 6.45) is 6.84. The fourth-order valence-corrected chi connectivity index (χ4v) is 4.14. The molecule has 20 heavy (non-hydrogen) atoms. The van der Waals surface area contributed by atoms with Gasteiger partial charge in [-0.2, -0.15) is 5.26 Å². The van der Waals surface area contributed by atoms with E-state index in [-0.39, 0.29) is 5.41 Å². The van der Waals surface area contributed by atoms with E-state index in [1.807, 2.05) is 18.2 Å². The zero-order chi connectivity index (χ0) is 14.6. The number of benzene rings is 1. The first-order valence-corrected chi connectivity index (χ1v) is 7.70. The van der Waals surface area contributed by atoms with Crippen LogP contribution in [0.25, 0.3) is 0 Å². The second-order valence-corrected chi connectivity index (χ2v) is 6.25. The van der Waals surface area contributed by atoms with Crippen molar-refractivity contribution < 1.29 is 4.74 Å². The Morgan fingerprint density at radius 2 is 1.75 bits per heavy atom. The Labute approximate surface area is 122 Å². The zero-order valence-electron chi connectivity index (χ0n) is 12.9. The van der Waals surface area contributed by atoms with E-state index in [2.05, 4.69) is 26.0 Å². The van der Waals surface area contributed by atoms with E-state index in [0.717, 1.165) is 24.2 Å². The molecule has 0 spiro atoms. The quantitative estimate of drug-likeness (QED) is 0.742. The lowest BCUT2D eigenvalue weighted by molar-refractivity contribution is 0.0345. The molecule has 0 atom stereocenters. The van der Waals surface area contributed by atoms with Crippen molar-refractivity contribution in [1.29, 1.82) is 5.26 Å². The highest BCUT2D eigenvalue weighted by atomic mass is 16.5. The number of methoxy groups -OCH3 is 1. The van der Waals surface area contributed by atoms with Crippen molar-refractivity contribution in [2.75, 3.05) is 7.11 Å². The molecule has 1 aromatic rings. The van der Waals surface area contributed by atoms with Crippen LogP contribution in [-0.4, -0.2) is 7.11 Å². The van der Waals surface area contributed by atoms with Crippen molar-refractivity contribution in [3.05, 3.63) is 29.8 Å². The third-order valence-corrected chi connectivity index (χ3v) is 4.75. The minimum atomic E-state index is -0.336. The van der Waals surface area contributed by atoms with Gasteiger partial charge in [0.15, 0.2) is 0 Å². The third-order valence-electron chi connectivity index (χ3n) is 4.75. The summed E-state index contributed by atoms with van der Waals surface area (Å²) in [5, 5.41) is 9.77. The average molecular weight is 271 g/mol. The minimum Gasteiger partial charge on any atom is -0.496 e. The Kier molecular flexibility index (Phi) is 4.38. The molecule has 1 fully saturated rings. The van der Waals surface area contributed by atoms with E-state index in [9.17, 15) is 5.26 Å². The summed E-state index contributed by atoms with van der Waals surface area (Å²) in [6, 6.07) is 10.6. The summed E-state index contributed by atoms with van der Waals surface area (Å²) in [7, 11) is 1.69. The molecule has 0 radical (unpaired) electrons. The number of nitrogens with zero attached hydrogens (tertiary/aromatic N) is 1. The molecule has 0 heterocycles. The molecule has 2 nitrogen and oxygen atoms in total. The number of para-hydroxylation sites is 1. The predicted molar refractivity (Wildman–Crippen MR) is 81.8 cm³/mol. The summed E-state index contributed by atoms with van der Waals surface area (Å²) in [5.74, 6) is 0.857. The first-order valence-electron chi connectivity index (χ1n) is 7.70. The van der Waals surface area contributed by atoms with Gasteiger partial charge >= 0.3 is 0 Å². The Morgan fingerprint density at radius 1 is 1.15 bits per heavy atom. The topological polar surface area (TPSA) is 33.0 Å². The fourth-order valence-electron chi connectivity index (χ4n) is 4.14. The minimum absolute atomic E-state index is 0.336. The molecule has 0 saturated heterocycles. The summed E-state index contributed by atoms with van der Waals surface area (Å²) >= 11 is 0. The molecule has 0 aromatic heterocycles. The lowest BCUT2D eigenvalue weighted by Gasteiger charge is -2.53. The van der Waals surface area contributed by atoms with E-state index >= 15 is 0 Å². The van der Waals surface area contributed by atoms with Gasteiger partial charge in [-0.1, -0.05) is 44.9 Å². The molecule has 1 saturated carbocycles. The molecular formula is C18H25NO. The van der Waals surface area contributed by atoms with Crippen LogP contribution in [0.5, 0.6) is 5.75 Å². The Bertz CT molecular complexity index is 486. The van der Waals surface area contributed by atoms with Gasteiger partial charge in [0, 0.05) is 5.56 Å². The Hall–Kier alpha value is -1.49. The molecule has 2 rings (SSSR count). The van der Waals surface area contributed by atoms with Crippen LogP contribution in [0.3, 0.4) is 0 Å². The molecule has 0 amide bonds. The normalized spacial score (nSPS) is 18.9. The van der Waals surface area contributed by atoms with Crippen LogP contribution >= 0.6 is 0 Å². The maximum absolute atomic E-state index is 9.77. The first kappa shape index (κ1) is 14.9. The fraction of sp³-hybridized carbons (Fsp3) is 0.611. The maximum atomic E-state index is 9.77. The molecule has 1 aliphatic rings. The zero-order valence-corrected chi connectivity index (χ0v) is 12.9. The highest BCUT2D eigenvalue weighted by molar-refractivity contribution is 5.46. The molecule has 1 aromatic carbocycles. The van der Waals surface area contributed by atoms with Crippen molar-refractivity contribution >= 4 is 0 Å². The van der Waals surface area contributed by atoms with Gasteiger partial charge < -0.3 is 4.74 Å². The van der Waals surface area contributed by atoms with Crippen molar-refractivity contribution in [3.63, 3.8) is 0 Å². The first-order chi connectivity index (χ1) is 9.65. The van der Waals surface area contributed by atoms with Crippen molar-refractivity contribution in [1.82, 2.24) is 0 Å². The van der Waals surface area contributed by atoms with Gasteiger partial charge in [-0.15, -0.1) is 0 Å². The average Bonchev–Trinajstić information content (AvgIpc) is 2.44. The molecule has 0 unspecified atom stereocenters. The molecule has 108 valence electrons. The third kappa shape index (κ3) is 2.42. The highest BCUT2D eigenvalue weighted by Gasteiger charge is 2.55. The molecular weight excluding hydrogens is 246 g/mol. The number of rotatable bonds is 6. The smallest absolute Gasteiger partial charge is 0.123 e. The van der Waals surface area contributed by atoms with E-state index in [0.29, 0.717) is 5.41 Å². The van der Waals surface area contributed by atoms with E-state index in [4.69, 9.17) is 4.74 Å². The SMILES string of the molecule is CCCC1(CCC)CC(C#N)(c2ccccc2OC)C1. The Balaban J connectivity index is 2.29. The lowest BCUT2D eigenvalue weighted by Crippen LogP contribution is -2.49. The summed E-state index contributed by atoms with van der Waals surface area (Å²) in [6.45, 7) is 4.49. The number of nitriles is 1. The van der Waals surface area contributed by atoms with Gasteiger partial charge in [-0.25, -0.2) is 0 Å². The number of hydrogen-bond acceptors (Lipinski definition) is 2. The second kappa shape index (κ2) is 5.87. The van der Waals surface area contributed by atoms with Crippen LogP contribution in [-0.2, 0) is 5.41 Å². The van der Waals surface area contributed by atoms with Crippen LogP contribution in [0.2, 0.25) is 0 Å². The van der Waals surface area contributed by atoms with Crippen LogP contribution in [0.4, 0.5) is 0 Å². The molecule has 0 N–H and O–H groups in total. The lowest BCUT2D eigenvalue weighted by atomic mass is 9.48. The molecule has 0 aliphatic heterocycles. The standard InChI is InChI=1S/C18H25NO/c1-4-10-17(11-5-2)12-18(13-17,14-19)15-8-6-7-9-16(15)20-3/h6-9H,4-5,10-13H2,1-3H3. The van der Waals surface area contributed by atoms with Gasteiger partial charge in [0.1, 0.15) is 5.75 Å². The van der Waals surface area contributed by atoms with Gasteiger partial charge in [-0.3, -0.25) is 0 Å². The van der Waals surface area contributed by atoms with Gasteiger partial charge in [0.2, 0.25) is 0 Å². The van der Waals surface area contributed by atoms with Crippen LogP contribution < -0.4 is 4.74 Å². The van der Waals surface area contributed by atoms with Crippen molar-refractivity contribution in [2.45, 2.75) is 57.8 Å². The molecule has 1 aliphatic carbocycles. The Morgan fingerprint density at radius 3 is 2.25 bits per heavy atom. The van der Waals surface area contributed by atoms with Crippen LogP contribution in [0.15, 0.2) is 24.3 Å². The van der Waals surface area contributed by atoms with E-state index in [1.165, 1.54) is 25.7 Å².